The number of halogens is 3. The maximum absolute atomic E-state index is 13.4. The molecule has 7 nitrogen and oxygen atoms in total. The summed E-state index contributed by atoms with van der Waals surface area (Å²) in [6.07, 6.45) is 0.0186. The van der Waals surface area contributed by atoms with E-state index >= 15 is 0 Å². The molecule has 144 valence electrons. The van der Waals surface area contributed by atoms with Crippen molar-refractivity contribution >= 4 is 17.6 Å². The lowest BCUT2D eigenvalue weighted by Crippen LogP contribution is -2.42. The summed E-state index contributed by atoms with van der Waals surface area (Å²) in [6, 6.07) is 0.173. The summed E-state index contributed by atoms with van der Waals surface area (Å²) in [4.78, 5) is 8.03. The van der Waals surface area contributed by atoms with Crippen LogP contribution in [0.5, 0.6) is 5.75 Å². The van der Waals surface area contributed by atoms with Crippen molar-refractivity contribution in [1.29, 1.82) is 0 Å². The van der Waals surface area contributed by atoms with E-state index in [0.717, 1.165) is 37.6 Å². The fourth-order valence-electron chi connectivity index (χ4n) is 3.59. The minimum atomic E-state index is -4.52. The van der Waals surface area contributed by atoms with Gasteiger partial charge in [-0.15, -0.1) is 0 Å². The number of alkyl halides is 3. The number of fused-ring (bicyclic) bond motifs is 4. The SMILES string of the molecule is Cc1nn(C2CC2)c2c1OC[C@@H]1CC[C@H]1Nc1nc(ncc1C(F)(F)F)N2. The Hall–Kier alpha value is -2.52. The van der Waals surface area contributed by atoms with Gasteiger partial charge < -0.3 is 15.4 Å². The number of anilines is 3. The molecule has 1 aliphatic heterocycles. The molecule has 27 heavy (non-hydrogen) atoms. The van der Waals surface area contributed by atoms with Crippen LogP contribution in [0.25, 0.3) is 0 Å². The van der Waals surface area contributed by atoms with E-state index in [4.69, 9.17) is 4.74 Å². The molecule has 0 aromatic carbocycles. The molecule has 2 aromatic heterocycles. The van der Waals surface area contributed by atoms with Crippen molar-refractivity contribution < 1.29 is 17.9 Å². The molecule has 0 amide bonds. The summed E-state index contributed by atoms with van der Waals surface area (Å²) in [6.45, 7) is 2.29. The fourth-order valence-corrected chi connectivity index (χ4v) is 3.59. The van der Waals surface area contributed by atoms with E-state index in [2.05, 4.69) is 25.7 Å². The summed E-state index contributed by atoms with van der Waals surface area (Å²) in [7, 11) is 0. The minimum Gasteiger partial charge on any atom is -0.487 e. The zero-order valence-electron chi connectivity index (χ0n) is 14.7. The molecule has 3 heterocycles. The number of hydrogen-bond donors (Lipinski definition) is 2. The molecule has 5 rings (SSSR count). The number of nitrogens with one attached hydrogen (secondary N) is 2. The molecule has 0 saturated heterocycles. The average Bonchev–Trinajstić information content (AvgIpc) is 3.38. The van der Waals surface area contributed by atoms with Gasteiger partial charge in [-0.3, -0.25) is 0 Å². The Kier molecular flexibility index (Phi) is 3.54. The van der Waals surface area contributed by atoms with Crippen LogP contribution < -0.4 is 15.4 Å². The quantitative estimate of drug-likeness (QED) is 0.786. The van der Waals surface area contributed by atoms with Crippen LogP contribution in [0.3, 0.4) is 0 Å². The largest absolute Gasteiger partial charge is 0.487 e. The second-order valence-electron chi connectivity index (χ2n) is 7.42. The number of ether oxygens (including phenoxy) is 1. The van der Waals surface area contributed by atoms with Crippen LogP contribution in [0.15, 0.2) is 6.20 Å². The Morgan fingerprint density at radius 3 is 2.70 bits per heavy atom. The average molecular weight is 380 g/mol. The molecular formula is C17H19F3N6O. The van der Waals surface area contributed by atoms with Crippen molar-refractivity contribution in [2.24, 2.45) is 5.92 Å². The van der Waals surface area contributed by atoms with E-state index in [-0.39, 0.29) is 29.8 Å². The molecule has 2 aromatic rings. The zero-order valence-corrected chi connectivity index (χ0v) is 14.7. The third-order valence-corrected chi connectivity index (χ3v) is 5.43. The molecule has 2 saturated carbocycles. The van der Waals surface area contributed by atoms with Crippen molar-refractivity contribution in [2.75, 3.05) is 17.2 Å². The molecule has 2 atom stereocenters. The van der Waals surface area contributed by atoms with Gasteiger partial charge in [-0.1, -0.05) is 0 Å². The van der Waals surface area contributed by atoms with Crippen molar-refractivity contribution in [1.82, 2.24) is 19.7 Å². The van der Waals surface area contributed by atoms with Crippen molar-refractivity contribution in [3.63, 3.8) is 0 Å². The molecule has 2 aliphatic carbocycles. The van der Waals surface area contributed by atoms with Gasteiger partial charge in [0.15, 0.2) is 11.6 Å². The molecular weight excluding hydrogens is 361 g/mol. The van der Waals surface area contributed by atoms with Gasteiger partial charge in [0.25, 0.3) is 0 Å². The van der Waals surface area contributed by atoms with Gasteiger partial charge in [-0.25, -0.2) is 9.67 Å². The van der Waals surface area contributed by atoms with Gasteiger partial charge in [-0.2, -0.15) is 23.3 Å². The van der Waals surface area contributed by atoms with Crippen molar-refractivity contribution in [3.05, 3.63) is 17.5 Å². The van der Waals surface area contributed by atoms with E-state index in [1.54, 1.807) is 0 Å². The highest BCUT2D eigenvalue weighted by molar-refractivity contribution is 5.62. The summed E-state index contributed by atoms with van der Waals surface area (Å²) in [5.41, 5.74) is -0.106. The van der Waals surface area contributed by atoms with Crippen LogP contribution in [0.4, 0.5) is 30.8 Å². The first-order valence-electron chi connectivity index (χ1n) is 9.10. The maximum Gasteiger partial charge on any atom is 0.421 e. The lowest BCUT2D eigenvalue weighted by molar-refractivity contribution is -0.137. The van der Waals surface area contributed by atoms with Crippen LogP contribution in [0.1, 0.15) is 43.0 Å². The molecule has 2 fully saturated rings. The van der Waals surface area contributed by atoms with E-state index in [1.165, 1.54) is 0 Å². The Bertz CT molecular complexity index is 892. The Labute approximate surface area is 153 Å². The van der Waals surface area contributed by atoms with Gasteiger partial charge in [0, 0.05) is 18.2 Å². The van der Waals surface area contributed by atoms with E-state index in [0.29, 0.717) is 18.2 Å². The number of aromatic nitrogens is 4. The zero-order chi connectivity index (χ0) is 18.8. The van der Waals surface area contributed by atoms with Crippen molar-refractivity contribution in [3.8, 4) is 5.75 Å². The Morgan fingerprint density at radius 1 is 1.22 bits per heavy atom. The van der Waals surface area contributed by atoms with Crippen molar-refractivity contribution in [2.45, 2.75) is 50.9 Å². The number of hydrogen-bond acceptors (Lipinski definition) is 6. The first-order chi connectivity index (χ1) is 12.9. The Balaban J connectivity index is 1.61. The minimum absolute atomic E-state index is 0.0925. The maximum atomic E-state index is 13.4. The van der Waals surface area contributed by atoms with E-state index in [1.807, 2.05) is 11.6 Å². The topological polar surface area (TPSA) is 76.9 Å². The summed E-state index contributed by atoms with van der Waals surface area (Å²) in [5.74, 6) is 1.26. The van der Waals surface area contributed by atoms with Gasteiger partial charge in [0.1, 0.15) is 17.1 Å². The molecule has 0 unspecified atom stereocenters. The third-order valence-electron chi connectivity index (χ3n) is 5.43. The first-order valence-corrected chi connectivity index (χ1v) is 9.10. The third kappa shape index (κ3) is 2.87. The number of rotatable bonds is 1. The number of nitrogens with zero attached hydrogens (tertiary/aromatic N) is 4. The van der Waals surface area contributed by atoms with Gasteiger partial charge in [0.2, 0.25) is 5.95 Å². The molecule has 2 bridgehead atoms. The van der Waals surface area contributed by atoms with E-state index < -0.39 is 11.7 Å². The highest BCUT2D eigenvalue weighted by atomic mass is 19.4. The van der Waals surface area contributed by atoms with Crippen LogP contribution >= 0.6 is 0 Å². The monoisotopic (exact) mass is 380 g/mol. The molecule has 0 radical (unpaired) electrons. The highest BCUT2D eigenvalue weighted by Crippen LogP contribution is 2.44. The predicted molar refractivity (Wildman–Crippen MR) is 91.2 cm³/mol. The second-order valence-corrected chi connectivity index (χ2v) is 7.42. The normalized spacial score (nSPS) is 24.3. The van der Waals surface area contributed by atoms with Gasteiger partial charge in [-0.05, 0) is 32.6 Å². The first kappa shape index (κ1) is 16.6. The molecule has 10 heteroatoms. The molecule has 0 spiro atoms. The standard InChI is InChI=1S/C17H19F3N6O/c1-8-13-15(26(25-8)10-3-4-10)24-16-21-6-11(17(18,19)20)14(23-16)22-12-5-2-9(12)7-27-13/h6,9-10,12H,2-5,7H2,1H3,(H2,21,22,23,24)/t9-,12+/m0/s1. The second kappa shape index (κ2) is 5.74. The summed E-state index contributed by atoms with van der Waals surface area (Å²) < 4.78 is 48.0. The summed E-state index contributed by atoms with van der Waals surface area (Å²) >= 11 is 0. The number of aryl methyl sites for hydroxylation is 1. The fraction of sp³-hybridized carbons (Fsp3) is 0.588. The van der Waals surface area contributed by atoms with Crippen LogP contribution in [0, 0.1) is 12.8 Å². The molecule has 3 aliphatic rings. The summed E-state index contributed by atoms with van der Waals surface area (Å²) in [5, 5.41) is 10.6. The van der Waals surface area contributed by atoms with Crippen LogP contribution in [-0.4, -0.2) is 32.4 Å². The van der Waals surface area contributed by atoms with Crippen LogP contribution in [0.2, 0.25) is 0 Å². The molecule has 2 N–H and O–H groups in total. The van der Waals surface area contributed by atoms with E-state index in [9.17, 15) is 13.2 Å². The smallest absolute Gasteiger partial charge is 0.421 e. The Morgan fingerprint density at radius 2 is 2.04 bits per heavy atom. The van der Waals surface area contributed by atoms with Gasteiger partial charge in [0.05, 0.1) is 12.6 Å². The highest BCUT2D eigenvalue weighted by Gasteiger charge is 2.39. The van der Waals surface area contributed by atoms with Crippen LogP contribution in [-0.2, 0) is 6.18 Å². The van der Waals surface area contributed by atoms with Gasteiger partial charge >= 0.3 is 6.18 Å². The predicted octanol–water partition coefficient (Wildman–Crippen LogP) is 3.66. The lowest BCUT2D eigenvalue weighted by Gasteiger charge is -2.37. The lowest BCUT2D eigenvalue weighted by atomic mass is 9.80.